The Morgan fingerprint density at radius 2 is 1.78 bits per heavy atom. The zero-order valence-corrected chi connectivity index (χ0v) is 21.4. The molecule has 1 amide bonds. The molecule has 1 N–H and O–H groups in total. The number of fused-ring (bicyclic) bond motifs is 3. The van der Waals surface area contributed by atoms with Gasteiger partial charge in [-0.2, -0.15) is 5.10 Å². The number of likely N-dealkylation sites (tertiary alicyclic amines) is 1. The maximum Gasteiger partial charge on any atom is 0.298 e. The van der Waals surface area contributed by atoms with E-state index in [1.54, 1.807) is 19.2 Å². The molecule has 190 valence electrons. The van der Waals surface area contributed by atoms with Crippen molar-refractivity contribution in [2.24, 2.45) is 7.05 Å². The fraction of sp³-hybridized carbons (Fsp3) is 0.464. The number of aromatic nitrogens is 2. The number of Topliss-reactive ketones (excluding diaryl/α,β-unsaturated/α-hetero) is 1. The first-order chi connectivity index (χ1) is 17.2. The second-order valence-corrected chi connectivity index (χ2v) is 10.8. The van der Waals surface area contributed by atoms with E-state index < -0.39 is 11.7 Å². The van der Waals surface area contributed by atoms with E-state index in [0.29, 0.717) is 24.5 Å². The summed E-state index contributed by atoms with van der Waals surface area (Å²) in [6.45, 7) is 9.41. The molecule has 3 aromatic rings. The van der Waals surface area contributed by atoms with Crippen molar-refractivity contribution in [3.05, 3.63) is 53.9 Å². The zero-order chi connectivity index (χ0) is 25.4. The minimum Gasteiger partial charge on any atom is -0.492 e. The Morgan fingerprint density at radius 3 is 2.44 bits per heavy atom. The highest BCUT2D eigenvalue weighted by Gasteiger charge is 2.33. The van der Waals surface area contributed by atoms with Gasteiger partial charge in [0.2, 0.25) is 0 Å². The third-order valence-electron chi connectivity index (χ3n) is 7.00. The maximum absolute atomic E-state index is 12.9. The lowest BCUT2D eigenvalue weighted by molar-refractivity contribution is -0.112. The quantitative estimate of drug-likeness (QED) is 0.399. The largest absolute Gasteiger partial charge is 0.492 e. The molecule has 3 heterocycles. The first kappa shape index (κ1) is 24.5. The van der Waals surface area contributed by atoms with Crippen molar-refractivity contribution in [2.75, 3.05) is 31.6 Å². The van der Waals surface area contributed by atoms with Gasteiger partial charge in [0.1, 0.15) is 18.1 Å². The van der Waals surface area contributed by atoms with Gasteiger partial charge in [0, 0.05) is 48.6 Å². The van der Waals surface area contributed by atoms with Crippen molar-refractivity contribution in [1.29, 1.82) is 0 Å². The van der Waals surface area contributed by atoms with Gasteiger partial charge in [0.15, 0.2) is 0 Å². The molecule has 36 heavy (non-hydrogen) atoms. The molecule has 1 aromatic heterocycles. The summed E-state index contributed by atoms with van der Waals surface area (Å²) in [6, 6.07) is 13.1. The number of aryl methyl sites for hydroxylation is 1. The number of ether oxygens (including phenoxy) is 2. The van der Waals surface area contributed by atoms with Crippen LogP contribution >= 0.6 is 0 Å². The molecule has 2 fully saturated rings. The van der Waals surface area contributed by atoms with Gasteiger partial charge in [-0.3, -0.25) is 19.2 Å². The molecule has 2 aliphatic heterocycles. The number of hydrogen-bond acceptors (Lipinski definition) is 6. The van der Waals surface area contributed by atoms with E-state index in [2.05, 4.69) is 15.3 Å². The summed E-state index contributed by atoms with van der Waals surface area (Å²) in [7, 11) is 1.68. The fourth-order valence-corrected chi connectivity index (χ4v) is 5.01. The van der Waals surface area contributed by atoms with Crippen molar-refractivity contribution >= 4 is 28.2 Å². The van der Waals surface area contributed by atoms with Gasteiger partial charge in [-0.15, -0.1) is 0 Å². The Morgan fingerprint density at radius 1 is 1.08 bits per heavy atom. The predicted molar refractivity (Wildman–Crippen MR) is 139 cm³/mol. The normalized spacial score (nSPS) is 20.0. The predicted octanol–water partition coefficient (Wildman–Crippen LogP) is 3.93. The van der Waals surface area contributed by atoms with Crippen LogP contribution in [-0.4, -0.2) is 64.8 Å². The van der Waals surface area contributed by atoms with E-state index >= 15 is 0 Å². The summed E-state index contributed by atoms with van der Waals surface area (Å²) in [4.78, 5) is 28.3. The van der Waals surface area contributed by atoms with Crippen LogP contribution in [0.1, 0.15) is 49.8 Å². The van der Waals surface area contributed by atoms with Crippen molar-refractivity contribution in [3.63, 3.8) is 0 Å². The third kappa shape index (κ3) is 5.01. The monoisotopic (exact) mass is 490 g/mol. The molecule has 0 aliphatic carbocycles. The molecular formula is C28H34N4O4. The molecule has 5 rings (SSSR count). The van der Waals surface area contributed by atoms with Crippen LogP contribution in [0.3, 0.4) is 0 Å². The average Bonchev–Trinajstić information content (AvgIpc) is 3.41. The van der Waals surface area contributed by atoms with Crippen LogP contribution in [0, 0.1) is 0 Å². The van der Waals surface area contributed by atoms with Gasteiger partial charge in [0.25, 0.3) is 11.7 Å². The lowest BCUT2D eigenvalue weighted by Gasteiger charge is -2.31. The van der Waals surface area contributed by atoms with Gasteiger partial charge >= 0.3 is 0 Å². The molecule has 0 radical (unpaired) electrons. The van der Waals surface area contributed by atoms with Gasteiger partial charge in [-0.25, -0.2) is 0 Å². The zero-order valence-electron chi connectivity index (χ0n) is 21.4. The van der Waals surface area contributed by atoms with E-state index in [9.17, 15) is 9.59 Å². The van der Waals surface area contributed by atoms with Gasteiger partial charge in [-0.05, 0) is 31.0 Å². The number of morpholine rings is 1. The topological polar surface area (TPSA) is 85.7 Å². The average molecular weight is 491 g/mol. The van der Waals surface area contributed by atoms with E-state index in [1.807, 2.05) is 51.1 Å². The highest BCUT2D eigenvalue weighted by molar-refractivity contribution is 6.46. The standard InChI is InChI=1S/C28H34N4O4/c1-28(2,3)25-15-23(31(4)30-25)26(33)27(34)29-22-11-12-24(21-8-6-5-7-20(21)22)35-14-13-32-16-18-9-10-19(17-32)36-18/h5-8,11-12,15,18-19H,9-10,13-14,16-17H2,1-4H3,(H,29,34). The maximum atomic E-state index is 12.9. The van der Waals surface area contributed by atoms with Crippen LogP contribution < -0.4 is 10.1 Å². The number of anilines is 1. The van der Waals surface area contributed by atoms with Gasteiger partial charge < -0.3 is 14.8 Å². The SMILES string of the molecule is Cn1nc(C(C)(C)C)cc1C(=O)C(=O)Nc1ccc(OCCN2CC3CCC(C2)O3)c2ccccc12. The number of ketones is 1. The summed E-state index contributed by atoms with van der Waals surface area (Å²) in [6.07, 6.45) is 3.03. The van der Waals surface area contributed by atoms with Crippen molar-refractivity contribution < 1.29 is 19.1 Å². The molecule has 2 saturated heterocycles. The number of amides is 1. The molecule has 8 heteroatoms. The summed E-state index contributed by atoms with van der Waals surface area (Å²) >= 11 is 0. The Kier molecular flexibility index (Phi) is 6.57. The Balaban J connectivity index is 1.28. The Labute approximate surface area is 211 Å². The smallest absolute Gasteiger partial charge is 0.298 e. The summed E-state index contributed by atoms with van der Waals surface area (Å²) in [5.74, 6) is -0.559. The lowest BCUT2D eigenvalue weighted by Crippen LogP contribution is -2.44. The van der Waals surface area contributed by atoms with Crippen LogP contribution in [0.5, 0.6) is 5.75 Å². The number of hydrogen-bond donors (Lipinski definition) is 1. The van der Waals surface area contributed by atoms with Crippen molar-refractivity contribution in [3.8, 4) is 5.75 Å². The number of benzene rings is 2. The number of rotatable bonds is 7. The highest BCUT2D eigenvalue weighted by atomic mass is 16.5. The summed E-state index contributed by atoms with van der Waals surface area (Å²) in [5.41, 5.74) is 1.37. The van der Waals surface area contributed by atoms with Gasteiger partial charge in [-0.1, -0.05) is 45.0 Å². The second-order valence-electron chi connectivity index (χ2n) is 10.8. The van der Waals surface area contributed by atoms with Crippen LogP contribution in [0.25, 0.3) is 10.8 Å². The Hall–Kier alpha value is -3.23. The van der Waals surface area contributed by atoms with E-state index in [1.165, 1.54) is 4.68 Å². The van der Waals surface area contributed by atoms with E-state index in [0.717, 1.165) is 54.7 Å². The molecule has 2 bridgehead atoms. The molecule has 2 atom stereocenters. The van der Waals surface area contributed by atoms with E-state index in [4.69, 9.17) is 9.47 Å². The fourth-order valence-electron chi connectivity index (χ4n) is 5.01. The first-order valence-electron chi connectivity index (χ1n) is 12.6. The summed E-state index contributed by atoms with van der Waals surface area (Å²) < 4.78 is 13.6. The molecule has 0 spiro atoms. The summed E-state index contributed by atoms with van der Waals surface area (Å²) in [5, 5.41) is 8.93. The second kappa shape index (κ2) is 9.67. The third-order valence-corrected chi connectivity index (χ3v) is 7.00. The lowest BCUT2D eigenvalue weighted by atomic mass is 9.92. The molecule has 2 aromatic carbocycles. The number of carbonyl (C=O) groups is 2. The van der Waals surface area contributed by atoms with Crippen LogP contribution in [0.4, 0.5) is 5.69 Å². The van der Waals surface area contributed by atoms with Crippen molar-refractivity contribution in [2.45, 2.75) is 51.2 Å². The number of nitrogens with one attached hydrogen (secondary N) is 1. The minimum atomic E-state index is -0.695. The molecule has 2 aliphatic rings. The van der Waals surface area contributed by atoms with E-state index in [-0.39, 0.29) is 11.1 Å². The number of carbonyl (C=O) groups excluding carboxylic acids is 2. The number of nitrogens with zero attached hydrogens (tertiary/aromatic N) is 3. The van der Waals surface area contributed by atoms with Crippen molar-refractivity contribution in [1.82, 2.24) is 14.7 Å². The Bertz CT molecular complexity index is 1280. The van der Waals surface area contributed by atoms with Crippen LogP contribution in [-0.2, 0) is 22.0 Å². The minimum absolute atomic E-state index is 0.222. The van der Waals surface area contributed by atoms with Crippen LogP contribution in [0.2, 0.25) is 0 Å². The highest BCUT2D eigenvalue weighted by Crippen LogP contribution is 2.32. The first-order valence-corrected chi connectivity index (χ1v) is 12.6. The molecular weight excluding hydrogens is 456 g/mol. The molecule has 2 unspecified atom stereocenters. The van der Waals surface area contributed by atoms with Gasteiger partial charge in [0.05, 0.1) is 17.9 Å². The van der Waals surface area contributed by atoms with Crippen LogP contribution in [0.15, 0.2) is 42.5 Å². The molecule has 8 nitrogen and oxygen atoms in total. The molecule has 0 saturated carbocycles.